The van der Waals surface area contributed by atoms with Crippen molar-refractivity contribution in [2.75, 3.05) is 39.3 Å². The number of hydrogen-bond acceptors (Lipinski definition) is 5. The molecule has 0 bridgehead atoms. The van der Waals surface area contributed by atoms with Gasteiger partial charge in [0.25, 0.3) is 5.91 Å². The van der Waals surface area contributed by atoms with E-state index < -0.39 is 11.7 Å². The predicted molar refractivity (Wildman–Crippen MR) is 133 cm³/mol. The maximum Gasteiger partial charge on any atom is 0.257 e. The van der Waals surface area contributed by atoms with E-state index in [0.29, 0.717) is 30.9 Å². The summed E-state index contributed by atoms with van der Waals surface area (Å²) in [6, 6.07) is 14.5. The van der Waals surface area contributed by atoms with Crippen LogP contribution in [0.3, 0.4) is 0 Å². The van der Waals surface area contributed by atoms with Crippen LogP contribution in [0.15, 0.2) is 42.5 Å². The van der Waals surface area contributed by atoms with Gasteiger partial charge in [0.2, 0.25) is 0 Å². The first-order valence-corrected chi connectivity index (χ1v) is 12.7. The Morgan fingerprint density at radius 3 is 2.56 bits per heavy atom. The molecule has 6 heteroatoms. The van der Waals surface area contributed by atoms with Gasteiger partial charge in [-0.3, -0.25) is 14.6 Å². The second-order valence-electron chi connectivity index (χ2n) is 10.8. The number of ether oxygens (including phenoxy) is 1. The first-order chi connectivity index (χ1) is 16.4. The summed E-state index contributed by atoms with van der Waals surface area (Å²) in [6.07, 6.45) is 2.91. The van der Waals surface area contributed by atoms with Crippen LogP contribution in [0.5, 0.6) is 5.75 Å². The van der Waals surface area contributed by atoms with Crippen LogP contribution in [0.2, 0.25) is 0 Å². The minimum Gasteiger partial charge on any atom is -0.485 e. The van der Waals surface area contributed by atoms with Gasteiger partial charge in [-0.2, -0.15) is 0 Å². The highest BCUT2D eigenvalue weighted by molar-refractivity contribution is 5.97. The zero-order valence-corrected chi connectivity index (χ0v) is 20.5. The van der Waals surface area contributed by atoms with Crippen molar-refractivity contribution in [2.24, 2.45) is 0 Å². The molecule has 0 radical (unpaired) electrons. The molecule has 0 aromatic heterocycles. The van der Waals surface area contributed by atoms with Crippen molar-refractivity contribution in [2.45, 2.75) is 57.9 Å². The molecule has 34 heavy (non-hydrogen) atoms. The first-order valence-electron chi connectivity index (χ1n) is 12.7. The first kappa shape index (κ1) is 23.3. The van der Waals surface area contributed by atoms with Crippen LogP contribution >= 0.6 is 0 Å². The molecule has 5 rings (SSSR count). The molecule has 1 saturated heterocycles. The number of benzene rings is 2. The van der Waals surface area contributed by atoms with Gasteiger partial charge in [-0.15, -0.1) is 0 Å². The summed E-state index contributed by atoms with van der Waals surface area (Å²) in [6.45, 7) is 10.3. The van der Waals surface area contributed by atoms with Crippen molar-refractivity contribution in [1.29, 1.82) is 0 Å². The fraction of sp³-hybridized carbons (Fsp3) is 0.536. The normalized spacial score (nSPS) is 21.5. The summed E-state index contributed by atoms with van der Waals surface area (Å²) in [5, 5.41) is 11.0. The molecular formula is C28H37N3O3. The number of fused-ring (bicyclic) bond motifs is 2. The van der Waals surface area contributed by atoms with Crippen LogP contribution in [0.1, 0.15) is 53.7 Å². The van der Waals surface area contributed by atoms with E-state index in [2.05, 4.69) is 40.1 Å². The quantitative estimate of drug-likeness (QED) is 0.712. The van der Waals surface area contributed by atoms with Crippen molar-refractivity contribution < 1.29 is 14.6 Å². The molecule has 2 aromatic rings. The van der Waals surface area contributed by atoms with Crippen LogP contribution < -0.4 is 4.74 Å². The van der Waals surface area contributed by atoms with Crippen LogP contribution in [0.25, 0.3) is 0 Å². The molecule has 182 valence electrons. The Morgan fingerprint density at radius 1 is 1.00 bits per heavy atom. The number of carbonyl (C=O) groups excluding carboxylic acids is 1. The van der Waals surface area contributed by atoms with Crippen LogP contribution in [0.4, 0.5) is 0 Å². The molecule has 3 aliphatic rings. The smallest absolute Gasteiger partial charge is 0.257 e. The Labute approximate surface area is 203 Å². The van der Waals surface area contributed by atoms with E-state index in [4.69, 9.17) is 4.74 Å². The Morgan fingerprint density at radius 2 is 1.76 bits per heavy atom. The fourth-order valence-corrected chi connectivity index (χ4v) is 5.62. The monoisotopic (exact) mass is 463 g/mol. The van der Waals surface area contributed by atoms with E-state index in [1.54, 1.807) is 4.90 Å². The lowest BCUT2D eigenvalue weighted by Gasteiger charge is -2.33. The molecule has 0 spiro atoms. The third-order valence-electron chi connectivity index (χ3n) is 7.24. The Kier molecular flexibility index (Phi) is 6.65. The summed E-state index contributed by atoms with van der Waals surface area (Å²) >= 11 is 0. The van der Waals surface area contributed by atoms with Gasteiger partial charge in [-0.25, -0.2) is 0 Å². The average Bonchev–Trinajstić information content (AvgIpc) is 3.28. The molecule has 6 nitrogen and oxygen atoms in total. The van der Waals surface area contributed by atoms with E-state index in [1.807, 2.05) is 26.0 Å². The van der Waals surface area contributed by atoms with Crippen LogP contribution in [-0.4, -0.2) is 76.7 Å². The van der Waals surface area contributed by atoms with Gasteiger partial charge < -0.3 is 14.7 Å². The second-order valence-corrected chi connectivity index (χ2v) is 10.8. The van der Waals surface area contributed by atoms with Crippen molar-refractivity contribution in [3.63, 3.8) is 0 Å². The molecule has 2 aromatic carbocycles. The predicted octanol–water partition coefficient (Wildman–Crippen LogP) is 3.31. The lowest BCUT2D eigenvalue weighted by Crippen LogP contribution is -2.48. The lowest BCUT2D eigenvalue weighted by molar-refractivity contribution is 0.0287. The van der Waals surface area contributed by atoms with Gasteiger partial charge in [0.1, 0.15) is 11.4 Å². The topological polar surface area (TPSA) is 56.2 Å². The standard InChI is InChI=1S/C28H37N3O3/c1-28(2)20-31(19-24(32)18-30-14-11-22-7-3-4-8-23(22)17-30)27(33)25-10-9-21(15-26(25)34-28)16-29-12-5-6-13-29/h3-4,7-10,15,24,32H,5-6,11-14,16-20H2,1-2H3/t24-/m1/s1. The molecule has 0 aliphatic carbocycles. The van der Waals surface area contributed by atoms with E-state index in [0.717, 1.165) is 39.1 Å². The Hall–Kier alpha value is -2.41. The van der Waals surface area contributed by atoms with Gasteiger partial charge in [-0.1, -0.05) is 30.3 Å². The molecule has 0 saturated carbocycles. The molecular weight excluding hydrogens is 426 g/mol. The van der Waals surface area contributed by atoms with Gasteiger partial charge in [0.15, 0.2) is 0 Å². The maximum absolute atomic E-state index is 13.5. The van der Waals surface area contributed by atoms with Crippen molar-refractivity contribution >= 4 is 5.91 Å². The second kappa shape index (κ2) is 9.68. The number of amides is 1. The summed E-state index contributed by atoms with van der Waals surface area (Å²) < 4.78 is 6.35. The number of aliphatic hydroxyl groups is 1. The largest absolute Gasteiger partial charge is 0.485 e. The number of carbonyl (C=O) groups is 1. The molecule has 1 amide bonds. The minimum absolute atomic E-state index is 0.0589. The zero-order chi connectivity index (χ0) is 23.7. The number of nitrogens with zero attached hydrogens (tertiary/aromatic N) is 3. The van der Waals surface area contributed by atoms with Gasteiger partial charge >= 0.3 is 0 Å². The van der Waals surface area contributed by atoms with Crippen molar-refractivity contribution in [1.82, 2.24) is 14.7 Å². The lowest BCUT2D eigenvalue weighted by atomic mass is 9.99. The van der Waals surface area contributed by atoms with Crippen molar-refractivity contribution in [3.8, 4) is 5.75 Å². The highest BCUT2D eigenvalue weighted by Gasteiger charge is 2.35. The third-order valence-corrected chi connectivity index (χ3v) is 7.24. The number of aliphatic hydroxyl groups excluding tert-OH is 1. The van der Waals surface area contributed by atoms with Gasteiger partial charge in [0, 0.05) is 32.7 Å². The SMILES string of the molecule is CC1(C)CN(C[C@H](O)CN2CCc3ccccc3C2)C(=O)c2ccc(CN3CCCC3)cc2O1. The van der Waals surface area contributed by atoms with E-state index in [1.165, 1.54) is 29.5 Å². The molecule has 1 fully saturated rings. The molecule has 3 heterocycles. The summed E-state index contributed by atoms with van der Waals surface area (Å²) in [7, 11) is 0. The number of rotatable bonds is 6. The highest BCUT2D eigenvalue weighted by atomic mass is 16.5. The summed E-state index contributed by atoms with van der Waals surface area (Å²) in [4.78, 5) is 20.0. The number of likely N-dealkylation sites (tertiary alicyclic amines) is 1. The van der Waals surface area contributed by atoms with E-state index in [-0.39, 0.29) is 5.91 Å². The zero-order valence-electron chi connectivity index (χ0n) is 20.5. The maximum atomic E-state index is 13.5. The van der Waals surface area contributed by atoms with Crippen LogP contribution in [-0.2, 0) is 19.5 Å². The van der Waals surface area contributed by atoms with E-state index >= 15 is 0 Å². The fourth-order valence-electron chi connectivity index (χ4n) is 5.62. The molecule has 0 unspecified atom stereocenters. The Bertz CT molecular complexity index is 1030. The molecule has 1 atom stereocenters. The summed E-state index contributed by atoms with van der Waals surface area (Å²) in [5.74, 6) is 0.604. The summed E-state index contributed by atoms with van der Waals surface area (Å²) in [5.41, 5.74) is 3.98. The highest BCUT2D eigenvalue weighted by Crippen LogP contribution is 2.31. The minimum atomic E-state index is -0.610. The molecule has 1 N–H and O–H groups in total. The average molecular weight is 464 g/mol. The van der Waals surface area contributed by atoms with Gasteiger partial charge in [-0.05, 0) is 75.0 Å². The molecule has 3 aliphatic heterocycles. The third kappa shape index (κ3) is 5.29. The van der Waals surface area contributed by atoms with E-state index in [9.17, 15) is 9.90 Å². The van der Waals surface area contributed by atoms with Crippen molar-refractivity contribution in [3.05, 3.63) is 64.7 Å². The van der Waals surface area contributed by atoms with Gasteiger partial charge in [0.05, 0.1) is 18.2 Å². The Balaban J connectivity index is 1.26. The number of β-amino-alcohol motifs (C(OH)–C–C–N with tert-alkyl or cyclic N) is 1. The number of hydrogen-bond donors (Lipinski definition) is 1. The van der Waals surface area contributed by atoms with Crippen LogP contribution in [0, 0.1) is 0 Å².